The Morgan fingerprint density at radius 2 is 1.95 bits per heavy atom. The van der Waals surface area contributed by atoms with E-state index < -0.39 is 11.7 Å². The Kier molecular flexibility index (Phi) is 3.97. The smallest absolute Gasteiger partial charge is 0.412 e. The monoisotopic (exact) mass is 276 g/mol. The van der Waals surface area contributed by atoms with Gasteiger partial charge in [-0.3, -0.25) is 10.1 Å². The summed E-state index contributed by atoms with van der Waals surface area (Å²) in [6, 6.07) is 7.50. The minimum atomic E-state index is -0.514. The normalized spacial score (nSPS) is 18.6. The molecule has 1 unspecified atom stereocenters. The highest BCUT2D eigenvalue weighted by molar-refractivity contribution is 5.85. The van der Waals surface area contributed by atoms with Gasteiger partial charge in [-0.05, 0) is 38.5 Å². The Morgan fingerprint density at radius 3 is 2.45 bits per heavy atom. The molecule has 1 aliphatic heterocycles. The molecule has 1 heterocycles. The van der Waals surface area contributed by atoms with Gasteiger partial charge in [0, 0.05) is 24.6 Å². The number of hydrogen-bond donors (Lipinski definition) is 2. The molecule has 1 atom stereocenters. The van der Waals surface area contributed by atoms with Crippen molar-refractivity contribution < 1.29 is 14.3 Å². The van der Waals surface area contributed by atoms with Gasteiger partial charge in [0.05, 0.1) is 0 Å². The summed E-state index contributed by atoms with van der Waals surface area (Å²) in [5.41, 5.74) is 1.26. The van der Waals surface area contributed by atoms with Gasteiger partial charge < -0.3 is 10.1 Å². The highest BCUT2D eigenvalue weighted by Crippen LogP contribution is 2.24. The number of anilines is 1. The van der Waals surface area contributed by atoms with Crippen LogP contribution >= 0.6 is 0 Å². The number of carbonyl (C=O) groups is 2. The quantitative estimate of drug-likeness (QED) is 0.872. The van der Waals surface area contributed by atoms with E-state index in [2.05, 4.69) is 10.6 Å². The molecule has 20 heavy (non-hydrogen) atoms. The summed E-state index contributed by atoms with van der Waals surface area (Å²) in [5, 5.41) is 5.49. The van der Waals surface area contributed by atoms with E-state index in [4.69, 9.17) is 4.74 Å². The largest absolute Gasteiger partial charge is 0.444 e. The van der Waals surface area contributed by atoms with E-state index in [0.717, 1.165) is 5.56 Å². The lowest BCUT2D eigenvalue weighted by atomic mass is 9.98. The fourth-order valence-electron chi connectivity index (χ4n) is 2.10. The van der Waals surface area contributed by atoms with Crippen LogP contribution in [0, 0.1) is 0 Å². The predicted molar refractivity (Wildman–Crippen MR) is 76.7 cm³/mol. The van der Waals surface area contributed by atoms with Crippen LogP contribution in [0.2, 0.25) is 0 Å². The Hall–Kier alpha value is -2.04. The number of amides is 2. The van der Waals surface area contributed by atoms with Crippen LogP contribution in [0.1, 0.15) is 38.7 Å². The minimum Gasteiger partial charge on any atom is -0.444 e. The van der Waals surface area contributed by atoms with E-state index in [-0.39, 0.29) is 11.8 Å². The van der Waals surface area contributed by atoms with Crippen molar-refractivity contribution in [2.75, 3.05) is 11.9 Å². The first-order valence-corrected chi connectivity index (χ1v) is 6.70. The van der Waals surface area contributed by atoms with Gasteiger partial charge in [0.1, 0.15) is 5.60 Å². The summed E-state index contributed by atoms with van der Waals surface area (Å²) >= 11 is 0. The summed E-state index contributed by atoms with van der Waals surface area (Å²) in [6.07, 6.45) is 0.0571. The van der Waals surface area contributed by atoms with E-state index in [9.17, 15) is 9.59 Å². The van der Waals surface area contributed by atoms with Gasteiger partial charge >= 0.3 is 6.09 Å². The van der Waals surface area contributed by atoms with Crippen molar-refractivity contribution in [3.63, 3.8) is 0 Å². The molecular weight excluding hydrogens is 256 g/mol. The van der Waals surface area contributed by atoms with Gasteiger partial charge in [-0.25, -0.2) is 4.79 Å². The van der Waals surface area contributed by atoms with Crippen LogP contribution in [0.3, 0.4) is 0 Å². The molecule has 5 heteroatoms. The van der Waals surface area contributed by atoms with Crippen molar-refractivity contribution in [1.29, 1.82) is 0 Å². The molecule has 5 nitrogen and oxygen atoms in total. The van der Waals surface area contributed by atoms with Gasteiger partial charge in [-0.1, -0.05) is 12.1 Å². The zero-order chi connectivity index (χ0) is 14.8. The number of carbonyl (C=O) groups excluding carboxylic acids is 2. The molecule has 108 valence electrons. The van der Waals surface area contributed by atoms with Crippen molar-refractivity contribution in [1.82, 2.24) is 5.32 Å². The Morgan fingerprint density at radius 1 is 1.30 bits per heavy atom. The van der Waals surface area contributed by atoms with E-state index in [1.165, 1.54) is 0 Å². The van der Waals surface area contributed by atoms with Gasteiger partial charge in [-0.2, -0.15) is 0 Å². The lowest BCUT2D eigenvalue weighted by Gasteiger charge is -2.19. The summed E-state index contributed by atoms with van der Waals surface area (Å²) in [4.78, 5) is 22.8. The van der Waals surface area contributed by atoms with E-state index in [0.29, 0.717) is 18.7 Å². The van der Waals surface area contributed by atoms with E-state index in [1.807, 2.05) is 45.0 Å². The lowest BCUT2D eigenvalue weighted by molar-refractivity contribution is -0.119. The van der Waals surface area contributed by atoms with Crippen LogP contribution in [0.15, 0.2) is 24.3 Å². The van der Waals surface area contributed by atoms with Crippen molar-refractivity contribution in [3.8, 4) is 0 Å². The van der Waals surface area contributed by atoms with Crippen LogP contribution < -0.4 is 10.6 Å². The average molecular weight is 276 g/mol. The molecule has 1 saturated heterocycles. The summed E-state index contributed by atoms with van der Waals surface area (Å²) in [6.45, 7) is 6.14. The number of benzene rings is 1. The molecule has 1 fully saturated rings. The topological polar surface area (TPSA) is 67.4 Å². The minimum absolute atomic E-state index is 0.0888. The van der Waals surface area contributed by atoms with Gasteiger partial charge in [-0.15, -0.1) is 0 Å². The van der Waals surface area contributed by atoms with E-state index >= 15 is 0 Å². The Balaban J connectivity index is 1.95. The molecule has 0 saturated carbocycles. The van der Waals surface area contributed by atoms with E-state index in [1.54, 1.807) is 0 Å². The van der Waals surface area contributed by atoms with Crippen molar-refractivity contribution in [2.24, 2.45) is 0 Å². The maximum atomic E-state index is 11.6. The van der Waals surface area contributed by atoms with Crippen LogP contribution in [-0.4, -0.2) is 24.1 Å². The third kappa shape index (κ3) is 3.98. The first kappa shape index (κ1) is 14.4. The molecule has 0 spiro atoms. The molecule has 1 aliphatic rings. The van der Waals surface area contributed by atoms with Crippen molar-refractivity contribution in [3.05, 3.63) is 29.8 Å². The van der Waals surface area contributed by atoms with Crippen molar-refractivity contribution in [2.45, 2.75) is 38.7 Å². The highest BCUT2D eigenvalue weighted by Gasteiger charge is 2.22. The van der Waals surface area contributed by atoms with Crippen LogP contribution in [0.4, 0.5) is 10.5 Å². The molecule has 2 N–H and O–H groups in total. The molecule has 1 aromatic rings. The number of nitrogens with one attached hydrogen (secondary N) is 2. The third-order valence-electron chi connectivity index (χ3n) is 3.00. The second kappa shape index (κ2) is 5.53. The Bertz CT molecular complexity index is 503. The summed E-state index contributed by atoms with van der Waals surface area (Å²) in [5.74, 6) is 0.309. The van der Waals surface area contributed by atoms with Gasteiger partial charge in [0.15, 0.2) is 0 Å². The first-order valence-electron chi connectivity index (χ1n) is 6.70. The second-order valence-corrected chi connectivity index (χ2v) is 5.95. The summed E-state index contributed by atoms with van der Waals surface area (Å²) < 4.78 is 5.18. The Labute approximate surface area is 118 Å². The van der Waals surface area contributed by atoms with Crippen molar-refractivity contribution >= 4 is 17.7 Å². The van der Waals surface area contributed by atoms with Crippen LogP contribution in [-0.2, 0) is 9.53 Å². The third-order valence-corrected chi connectivity index (χ3v) is 3.00. The zero-order valence-electron chi connectivity index (χ0n) is 12.0. The molecule has 0 radical (unpaired) electrons. The zero-order valence-corrected chi connectivity index (χ0v) is 12.0. The van der Waals surface area contributed by atoms with Crippen LogP contribution in [0.25, 0.3) is 0 Å². The predicted octanol–water partition coefficient (Wildman–Crippen LogP) is 2.64. The fourth-order valence-corrected chi connectivity index (χ4v) is 2.10. The fraction of sp³-hybridized carbons (Fsp3) is 0.467. The average Bonchev–Trinajstić information content (AvgIpc) is 2.74. The first-order chi connectivity index (χ1) is 9.33. The molecule has 0 aliphatic carbocycles. The molecule has 0 aromatic heterocycles. The number of hydrogen-bond acceptors (Lipinski definition) is 3. The highest BCUT2D eigenvalue weighted by atomic mass is 16.6. The molecule has 2 amide bonds. The SMILES string of the molecule is CC(C)(C)OC(=O)Nc1ccc(C2CNC(=O)C2)cc1. The lowest BCUT2D eigenvalue weighted by Crippen LogP contribution is -2.27. The number of rotatable bonds is 2. The van der Waals surface area contributed by atoms with Gasteiger partial charge in [0.2, 0.25) is 5.91 Å². The number of ether oxygens (including phenoxy) is 1. The standard InChI is InChI=1S/C15H20N2O3/c1-15(2,3)20-14(19)17-12-6-4-10(5-7-12)11-8-13(18)16-9-11/h4-7,11H,8-9H2,1-3H3,(H,16,18)(H,17,19). The molecular formula is C15H20N2O3. The molecule has 2 rings (SSSR count). The second-order valence-electron chi connectivity index (χ2n) is 5.95. The molecule has 1 aromatic carbocycles. The van der Waals surface area contributed by atoms with Gasteiger partial charge in [0.25, 0.3) is 0 Å². The maximum Gasteiger partial charge on any atom is 0.412 e. The van der Waals surface area contributed by atoms with Crippen LogP contribution in [0.5, 0.6) is 0 Å². The molecule has 0 bridgehead atoms. The summed E-state index contributed by atoms with van der Waals surface area (Å²) in [7, 11) is 0. The maximum absolute atomic E-state index is 11.6.